The number of amides is 2. The van der Waals surface area contributed by atoms with Crippen LogP contribution in [0.4, 0.5) is 0 Å². The van der Waals surface area contributed by atoms with E-state index >= 15 is 0 Å². The van der Waals surface area contributed by atoms with Gasteiger partial charge in [0, 0.05) is 44.6 Å². The zero-order valence-electron chi connectivity index (χ0n) is 18.7. The van der Waals surface area contributed by atoms with E-state index in [-0.39, 0.29) is 23.8 Å². The molecule has 162 valence electrons. The molecule has 2 atom stereocenters. The second-order valence-corrected chi connectivity index (χ2v) is 8.63. The van der Waals surface area contributed by atoms with E-state index in [0.29, 0.717) is 31.8 Å². The normalized spacial score (nSPS) is 19.4. The van der Waals surface area contributed by atoms with Crippen molar-refractivity contribution in [1.82, 2.24) is 25.0 Å². The standard InChI is InChI=1S/C23H33N5O2/c1-15(2)14-28-21(29)9-8-20(22(28)18-7-6-11-24-13-18)23(30)25-12-10-19-16(3)26-27(5)17(19)4/h6-7,11,13,15,20,22H,8-10,12,14H2,1-5H3,(H,25,30)/t20-,22+/m1/s1. The molecule has 0 radical (unpaired) electrons. The quantitative estimate of drug-likeness (QED) is 0.760. The van der Waals surface area contributed by atoms with Crippen molar-refractivity contribution in [2.24, 2.45) is 18.9 Å². The molecule has 7 nitrogen and oxygen atoms in total. The Bertz CT molecular complexity index is 890. The highest BCUT2D eigenvalue weighted by molar-refractivity contribution is 5.85. The van der Waals surface area contributed by atoms with Gasteiger partial charge in [0.1, 0.15) is 0 Å². The molecule has 2 aromatic heterocycles. The van der Waals surface area contributed by atoms with E-state index in [2.05, 4.69) is 29.2 Å². The largest absolute Gasteiger partial charge is 0.355 e. The van der Waals surface area contributed by atoms with Gasteiger partial charge >= 0.3 is 0 Å². The number of rotatable bonds is 7. The average molecular weight is 412 g/mol. The van der Waals surface area contributed by atoms with Gasteiger partial charge in [-0.15, -0.1) is 0 Å². The Balaban J connectivity index is 1.75. The molecule has 1 aliphatic rings. The van der Waals surface area contributed by atoms with Gasteiger partial charge in [0.15, 0.2) is 0 Å². The number of carbonyl (C=O) groups is 2. The summed E-state index contributed by atoms with van der Waals surface area (Å²) in [5.41, 5.74) is 4.23. The molecule has 1 saturated heterocycles. The maximum Gasteiger partial charge on any atom is 0.225 e. The number of likely N-dealkylation sites (tertiary alicyclic amines) is 1. The van der Waals surface area contributed by atoms with Crippen molar-refractivity contribution < 1.29 is 9.59 Å². The molecule has 0 bridgehead atoms. The Morgan fingerprint density at radius 2 is 2.10 bits per heavy atom. The van der Waals surface area contributed by atoms with Crippen LogP contribution in [0.3, 0.4) is 0 Å². The lowest BCUT2D eigenvalue weighted by molar-refractivity contribution is -0.144. The zero-order valence-corrected chi connectivity index (χ0v) is 18.7. The van der Waals surface area contributed by atoms with Crippen molar-refractivity contribution in [3.05, 3.63) is 47.0 Å². The molecular formula is C23H33N5O2. The first-order valence-electron chi connectivity index (χ1n) is 10.8. The fourth-order valence-electron chi connectivity index (χ4n) is 4.42. The van der Waals surface area contributed by atoms with E-state index in [1.165, 1.54) is 5.56 Å². The highest BCUT2D eigenvalue weighted by atomic mass is 16.2. The summed E-state index contributed by atoms with van der Waals surface area (Å²) in [6.45, 7) is 9.42. The number of pyridine rings is 1. The fraction of sp³-hybridized carbons (Fsp3) is 0.565. The summed E-state index contributed by atoms with van der Waals surface area (Å²) >= 11 is 0. The molecule has 1 aliphatic heterocycles. The van der Waals surface area contributed by atoms with Crippen LogP contribution in [0, 0.1) is 25.7 Å². The van der Waals surface area contributed by atoms with Crippen LogP contribution in [-0.4, -0.2) is 44.6 Å². The molecule has 1 fully saturated rings. The number of hydrogen-bond donors (Lipinski definition) is 1. The van der Waals surface area contributed by atoms with E-state index < -0.39 is 0 Å². The number of aromatic nitrogens is 3. The van der Waals surface area contributed by atoms with Gasteiger partial charge in [-0.25, -0.2) is 0 Å². The van der Waals surface area contributed by atoms with Crippen LogP contribution in [0.25, 0.3) is 0 Å². The third-order valence-electron chi connectivity index (χ3n) is 5.96. The van der Waals surface area contributed by atoms with Gasteiger partial charge in [-0.3, -0.25) is 19.3 Å². The number of aryl methyl sites for hydroxylation is 2. The average Bonchev–Trinajstić information content (AvgIpc) is 2.95. The van der Waals surface area contributed by atoms with Crippen molar-refractivity contribution >= 4 is 11.8 Å². The summed E-state index contributed by atoms with van der Waals surface area (Å²) in [4.78, 5) is 32.0. The Morgan fingerprint density at radius 3 is 2.70 bits per heavy atom. The van der Waals surface area contributed by atoms with Crippen LogP contribution in [0.1, 0.15) is 55.2 Å². The number of nitrogens with one attached hydrogen (secondary N) is 1. The molecule has 0 aliphatic carbocycles. The maximum absolute atomic E-state index is 13.2. The lowest BCUT2D eigenvalue weighted by atomic mass is 9.83. The molecule has 2 aromatic rings. The Morgan fingerprint density at radius 1 is 1.33 bits per heavy atom. The van der Waals surface area contributed by atoms with Crippen LogP contribution in [0.15, 0.2) is 24.5 Å². The fourth-order valence-corrected chi connectivity index (χ4v) is 4.42. The van der Waals surface area contributed by atoms with Crippen LogP contribution in [0.5, 0.6) is 0 Å². The Kier molecular flexibility index (Phi) is 6.90. The predicted molar refractivity (Wildman–Crippen MR) is 116 cm³/mol. The van der Waals surface area contributed by atoms with Gasteiger partial charge in [0.2, 0.25) is 11.8 Å². The summed E-state index contributed by atoms with van der Waals surface area (Å²) in [6, 6.07) is 3.56. The summed E-state index contributed by atoms with van der Waals surface area (Å²) in [5.74, 6) is 0.167. The highest BCUT2D eigenvalue weighted by Crippen LogP contribution is 2.37. The SMILES string of the molecule is Cc1nn(C)c(C)c1CCNC(=O)[C@@H]1CCC(=O)N(CC(C)C)[C@H]1c1cccnc1. The number of nitrogens with zero attached hydrogens (tertiary/aromatic N) is 4. The molecular weight excluding hydrogens is 378 g/mol. The minimum atomic E-state index is -0.276. The second kappa shape index (κ2) is 9.41. The van der Waals surface area contributed by atoms with E-state index in [1.807, 2.05) is 42.6 Å². The minimum Gasteiger partial charge on any atom is -0.355 e. The third-order valence-corrected chi connectivity index (χ3v) is 5.96. The molecule has 0 aromatic carbocycles. The van der Waals surface area contributed by atoms with Crippen LogP contribution < -0.4 is 5.32 Å². The zero-order chi connectivity index (χ0) is 21.8. The molecule has 0 spiro atoms. The third kappa shape index (κ3) is 4.71. The number of carbonyl (C=O) groups excluding carboxylic acids is 2. The molecule has 7 heteroatoms. The van der Waals surface area contributed by atoms with Crippen molar-refractivity contribution in [1.29, 1.82) is 0 Å². The van der Waals surface area contributed by atoms with Crippen molar-refractivity contribution in [2.45, 2.75) is 53.0 Å². The predicted octanol–water partition coefficient (Wildman–Crippen LogP) is 2.73. The molecule has 2 amide bonds. The van der Waals surface area contributed by atoms with Crippen molar-refractivity contribution in [3.8, 4) is 0 Å². The second-order valence-electron chi connectivity index (χ2n) is 8.63. The maximum atomic E-state index is 13.2. The van der Waals surface area contributed by atoms with Crippen LogP contribution in [0.2, 0.25) is 0 Å². The first-order chi connectivity index (χ1) is 14.3. The van der Waals surface area contributed by atoms with Crippen molar-refractivity contribution in [3.63, 3.8) is 0 Å². The van der Waals surface area contributed by atoms with Crippen molar-refractivity contribution in [2.75, 3.05) is 13.1 Å². The summed E-state index contributed by atoms with van der Waals surface area (Å²) in [5, 5.41) is 7.57. The first kappa shape index (κ1) is 22.0. The summed E-state index contributed by atoms with van der Waals surface area (Å²) in [6.07, 6.45) is 5.20. The van der Waals surface area contributed by atoms with Crippen LogP contribution >= 0.6 is 0 Å². The molecule has 3 heterocycles. The van der Waals surface area contributed by atoms with Gasteiger partial charge in [0.25, 0.3) is 0 Å². The Hall–Kier alpha value is -2.70. The highest BCUT2D eigenvalue weighted by Gasteiger charge is 2.40. The van der Waals surface area contributed by atoms with Gasteiger partial charge in [-0.2, -0.15) is 5.10 Å². The smallest absolute Gasteiger partial charge is 0.225 e. The number of hydrogen-bond acceptors (Lipinski definition) is 4. The van der Waals surface area contributed by atoms with Gasteiger partial charge in [-0.05, 0) is 49.8 Å². The monoisotopic (exact) mass is 411 g/mol. The topological polar surface area (TPSA) is 80.1 Å². The lowest BCUT2D eigenvalue weighted by Gasteiger charge is -2.41. The molecule has 30 heavy (non-hydrogen) atoms. The van der Waals surface area contributed by atoms with Gasteiger partial charge in [0.05, 0.1) is 17.7 Å². The first-order valence-corrected chi connectivity index (χ1v) is 10.8. The van der Waals surface area contributed by atoms with E-state index in [9.17, 15) is 9.59 Å². The van der Waals surface area contributed by atoms with Crippen LogP contribution in [-0.2, 0) is 23.1 Å². The minimum absolute atomic E-state index is 0.00399. The summed E-state index contributed by atoms with van der Waals surface area (Å²) < 4.78 is 1.88. The van der Waals surface area contributed by atoms with Gasteiger partial charge in [-0.1, -0.05) is 19.9 Å². The molecule has 1 N–H and O–H groups in total. The lowest BCUT2D eigenvalue weighted by Crippen LogP contribution is -2.49. The molecule has 3 rings (SSSR count). The Labute approximate surface area is 178 Å². The van der Waals surface area contributed by atoms with Gasteiger partial charge < -0.3 is 10.2 Å². The number of piperidine rings is 1. The molecule has 0 saturated carbocycles. The summed E-state index contributed by atoms with van der Waals surface area (Å²) in [7, 11) is 1.94. The van der Waals surface area contributed by atoms with E-state index in [4.69, 9.17) is 0 Å². The molecule has 0 unspecified atom stereocenters. The van der Waals surface area contributed by atoms with E-state index in [1.54, 1.807) is 12.4 Å². The van der Waals surface area contributed by atoms with E-state index in [0.717, 1.165) is 23.4 Å².